The second-order valence-corrected chi connectivity index (χ2v) is 19.1. The molecular formula is C53H60N7O6S+. The molecule has 0 saturated heterocycles. The highest BCUT2D eigenvalue weighted by atomic mass is 32.2. The molecule has 7 rings (SSSR count). The average molecular weight is 923 g/mol. The Hall–Kier alpha value is -6.90. The summed E-state index contributed by atoms with van der Waals surface area (Å²) in [6, 6.07) is 28.0. The van der Waals surface area contributed by atoms with Gasteiger partial charge in [0.1, 0.15) is 19.0 Å². The number of allylic oxidation sites excluding steroid dienone is 6. The number of ether oxygens (including phenoxy) is 1. The lowest BCUT2D eigenvalue weighted by Crippen LogP contribution is -2.29. The topological polar surface area (TPSA) is 180 Å². The molecule has 3 heterocycles. The van der Waals surface area contributed by atoms with E-state index >= 15 is 0 Å². The minimum Gasteiger partial charge on any atom is -0.459 e. The number of anilines is 2. The van der Waals surface area contributed by atoms with Gasteiger partial charge in [0.25, 0.3) is 16.0 Å². The van der Waals surface area contributed by atoms with Gasteiger partial charge in [-0.2, -0.15) is 18.0 Å². The van der Waals surface area contributed by atoms with Crippen molar-refractivity contribution in [3.05, 3.63) is 172 Å². The molecule has 1 unspecified atom stereocenters. The summed E-state index contributed by atoms with van der Waals surface area (Å²) in [7, 11) is -4.45. The molecule has 0 saturated carbocycles. The molecule has 5 N–H and O–H groups in total. The molecule has 2 aliphatic heterocycles. The summed E-state index contributed by atoms with van der Waals surface area (Å²) in [5.74, 6) is -0.00893. The summed E-state index contributed by atoms with van der Waals surface area (Å²) >= 11 is 0. The van der Waals surface area contributed by atoms with Crippen LogP contribution in [0.3, 0.4) is 0 Å². The van der Waals surface area contributed by atoms with E-state index < -0.39 is 15.5 Å². The number of nitrogen functional groups attached to an aromatic ring is 1. The van der Waals surface area contributed by atoms with Crippen LogP contribution in [0.25, 0.3) is 0 Å². The minimum atomic E-state index is -4.45. The highest BCUT2D eigenvalue weighted by Gasteiger charge is 2.44. The first-order chi connectivity index (χ1) is 32.0. The van der Waals surface area contributed by atoms with E-state index in [1.54, 1.807) is 30.3 Å². The maximum absolute atomic E-state index is 13.2. The molecule has 2 amide bonds. The Morgan fingerprint density at radius 3 is 2.25 bits per heavy atom. The van der Waals surface area contributed by atoms with Gasteiger partial charge in [-0.1, -0.05) is 66.3 Å². The zero-order valence-corrected chi connectivity index (χ0v) is 39.9. The second-order valence-electron chi connectivity index (χ2n) is 17.7. The number of nitrogens with zero attached hydrogens (tertiary/aromatic N) is 4. The molecule has 0 radical (unpaired) electrons. The van der Waals surface area contributed by atoms with Crippen molar-refractivity contribution in [3.8, 4) is 6.01 Å². The third-order valence-electron chi connectivity index (χ3n) is 12.7. The van der Waals surface area contributed by atoms with Gasteiger partial charge >= 0.3 is 6.01 Å². The van der Waals surface area contributed by atoms with Crippen LogP contribution in [0, 0.1) is 6.92 Å². The molecule has 348 valence electrons. The second kappa shape index (κ2) is 20.3. The third-order valence-corrected chi connectivity index (χ3v) is 13.6. The van der Waals surface area contributed by atoms with Crippen molar-refractivity contribution < 1.29 is 31.9 Å². The summed E-state index contributed by atoms with van der Waals surface area (Å²) in [5, 5.41) is 5.96. The lowest BCUT2D eigenvalue weighted by molar-refractivity contribution is -0.433. The SMILES string of the molecule is CCN1/C(=C/C=C/C=C/C2=[N+](CC)c3ccc(C)cc3C2(C)C)C(C)(CCCC(=O)NCc2ccc(C(=O)NCc3ccc(COc4nccc(N)n4)cc3)cc2)c2cc(S(=O)(=O)O)ccc21. The van der Waals surface area contributed by atoms with Crippen molar-refractivity contribution in [2.24, 2.45) is 0 Å². The van der Waals surface area contributed by atoms with Crippen molar-refractivity contribution in [3.63, 3.8) is 0 Å². The Balaban J connectivity index is 0.952. The maximum atomic E-state index is 13.2. The van der Waals surface area contributed by atoms with Crippen LogP contribution in [-0.4, -0.2) is 58.1 Å². The Kier molecular flexibility index (Phi) is 14.6. The zero-order valence-electron chi connectivity index (χ0n) is 39.0. The molecule has 0 spiro atoms. The van der Waals surface area contributed by atoms with Gasteiger partial charge in [0.2, 0.25) is 11.6 Å². The maximum Gasteiger partial charge on any atom is 0.318 e. The molecule has 2 aliphatic rings. The van der Waals surface area contributed by atoms with E-state index in [1.807, 2.05) is 55.5 Å². The zero-order chi connectivity index (χ0) is 47.9. The van der Waals surface area contributed by atoms with E-state index in [2.05, 4.69) is 101 Å². The summed E-state index contributed by atoms with van der Waals surface area (Å²) in [4.78, 5) is 36.3. The van der Waals surface area contributed by atoms with Gasteiger partial charge in [-0.05, 0) is 125 Å². The van der Waals surface area contributed by atoms with Gasteiger partial charge in [-0.3, -0.25) is 14.1 Å². The molecule has 14 heteroatoms. The lowest BCUT2D eigenvalue weighted by Gasteiger charge is -2.30. The fourth-order valence-corrected chi connectivity index (χ4v) is 9.56. The minimum absolute atomic E-state index is 0.125. The summed E-state index contributed by atoms with van der Waals surface area (Å²) in [6.07, 6.45) is 13.2. The number of likely N-dealkylation sites (N-methyl/N-ethyl adjacent to an activating group) is 1. The fraction of sp³-hybridized carbons (Fsp3) is 0.302. The molecule has 1 aromatic heterocycles. The van der Waals surface area contributed by atoms with Crippen LogP contribution in [0.15, 0.2) is 138 Å². The van der Waals surface area contributed by atoms with E-state index in [0.717, 1.165) is 40.2 Å². The van der Waals surface area contributed by atoms with Crippen molar-refractivity contribution in [1.82, 2.24) is 20.6 Å². The number of aryl methyl sites for hydroxylation is 1. The molecule has 0 fully saturated rings. The molecule has 1 atom stereocenters. The van der Waals surface area contributed by atoms with Crippen LogP contribution < -0.4 is 26.0 Å². The first-order valence-electron chi connectivity index (χ1n) is 22.7. The summed E-state index contributed by atoms with van der Waals surface area (Å²) in [6.45, 7) is 15.3. The van der Waals surface area contributed by atoms with Crippen molar-refractivity contribution >= 4 is 44.8 Å². The number of hydrogen-bond donors (Lipinski definition) is 4. The largest absolute Gasteiger partial charge is 0.459 e. The molecule has 67 heavy (non-hydrogen) atoms. The van der Waals surface area contributed by atoms with Gasteiger partial charge in [-0.25, -0.2) is 4.98 Å². The van der Waals surface area contributed by atoms with E-state index in [1.165, 1.54) is 34.8 Å². The lowest BCUT2D eigenvalue weighted by atomic mass is 9.77. The van der Waals surface area contributed by atoms with Crippen molar-refractivity contribution in [1.29, 1.82) is 0 Å². The first kappa shape index (κ1) is 48.0. The van der Waals surface area contributed by atoms with Gasteiger partial charge in [0.15, 0.2) is 5.71 Å². The normalized spacial score (nSPS) is 17.1. The smallest absolute Gasteiger partial charge is 0.318 e. The van der Waals surface area contributed by atoms with Crippen molar-refractivity contribution in [2.75, 3.05) is 23.7 Å². The molecule has 4 aromatic carbocycles. The predicted molar refractivity (Wildman–Crippen MR) is 263 cm³/mol. The standard InChI is InChI=1S/C53H59N7O6S/c1-7-59-44-26-16-36(3)31-42(44)52(4,5)46(59)13-10-9-11-14-47-53(6,43-32-41(67(63,64)65)25-27-45(43)60(47)8-2)29-12-15-49(61)56-33-38-21-23-40(24-22-38)50(62)57-34-37-17-19-39(20-18-37)35-66-51-55-30-28-48(54)58-51/h9-11,13-14,16-28,30-32H,7-8,12,15,29,33-35H2,1-6H3,(H4-,54,55,56,57,58,61,62,63,64,65)/p+1. The van der Waals surface area contributed by atoms with Gasteiger partial charge in [0.05, 0.1) is 10.3 Å². The Bertz CT molecular complexity index is 2890. The number of fused-ring (bicyclic) bond motifs is 2. The number of hydrogen-bond acceptors (Lipinski definition) is 9. The number of benzene rings is 4. The average Bonchev–Trinajstić information content (AvgIpc) is 3.67. The molecule has 13 nitrogen and oxygen atoms in total. The first-order valence-corrected chi connectivity index (χ1v) is 24.1. The van der Waals surface area contributed by atoms with Gasteiger partial charge in [0, 0.05) is 72.3 Å². The highest BCUT2D eigenvalue weighted by Crippen LogP contribution is 2.51. The van der Waals surface area contributed by atoms with E-state index in [4.69, 9.17) is 10.5 Å². The fourth-order valence-electron chi connectivity index (χ4n) is 9.06. The number of carbonyl (C=O) groups excluding carboxylic acids is 2. The number of nitrogens with two attached hydrogens (primary N) is 1. The van der Waals surface area contributed by atoms with E-state index in [9.17, 15) is 22.6 Å². The number of carbonyl (C=O) groups is 2. The van der Waals surface area contributed by atoms with Crippen molar-refractivity contribution in [2.45, 2.75) is 96.2 Å². The number of aromatic nitrogens is 2. The molecule has 0 bridgehead atoms. The Morgan fingerprint density at radius 2 is 1.57 bits per heavy atom. The Morgan fingerprint density at radius 1 is 0.866 bits per heavy atom. The summed E-state index contributed by atoms with van der Waals surface area (Å²) in [5.41, 5.74) is 15.7. The van der Waals surface area contributed by atoms with Crippen LogP contribution in [0.1, 0.15) is 97.6 Å². The Labute approximate surface area is 394 Å². The number of nitrogens with one attached hydrogen (secondary N) is 2. The number of rotatable bonds is 18. The molecule has 5 aromatic rings. The van der Waals surface area contributed by atoms with Crippen LogP contribution in [0.4, 0.5) is 17.2 Å². The van der Waals surface area contributed by atoms with E-state index in [-0.39, 0.29) is 41.2 Å². The molecular weight excluding hydrogens is 863 g/mol. The highest BCUT2D eigenvalue weighted by molar-refractivity contribution is 7.85. The van der Waals surface area contributed by atoms with E-state index in [0.29, 0.717) is 43.9 Å². The van der Waals surface area contributed by atoms with Crippen LogP contribution in [0.2, 0.25) is 0 Å². The predicted octanol–water partition coefficient (Wildman–Crippen LogP) is 8.80. The molecule has 0 aliphatic carbocycles. The van der Waals surface area contributed by atoms with Crippen LogP contribution in [-0.2, 0) is 45.4 Å². The van der Waals surface area contributed by atoms with Crippen LogP contribution in [0.5, 0.6) is 6.01 Å². The van der Waals surface area contributed by atoms with Crippen LogP contribution >= 0.6 is 0 Å². The van der Waals surface area contributed by atoms with Gasteiger partial charge < -0.3 is 26.0 Å². The summed E-state index contributed by atoms with van der Waals surface area (Å²) < 4.78 is 42.6. The monoisotopic (exact) mass is 922 g/mol. The van der Waals surface area contributed by atoms with Gasteiger partial charge in [-0.15, -0.1) is 0 Å². The third kappa shape index (κ3) is 10.9. The quantitative estimate of drug-likeness (QED) is 0.0377. The number of amides is 2.